The minimum atomic E-state index is 0.622. The largest absolute Gasteiger partial charge is 0.208 e. The molecule has 7 aromatic rings. The number of allylic oxidation sites excluding steroid dienone is 9. The lowest BCUT2D eigenvalue weighted by Crippen LogP contribution is -2.03. The minimum Gasteiger partial charge on any atom is -0.208 e. The summed E-state index contributed by atoms with van der Waals surface area (Å²) in [7, 11) is 0. The topological polar surface area (TPSA) is 38.7 Å². The zero-order valence-corrected chi connectivity index (χ0v) is 32.2. The number of benzene rings is 6. The molecule has 6 aromatic carbocycles. The van der Waals surface area contributed by atoms with E-state index in [1.165, 1.54) is 16.7 Å². The van der Waals surface area contributed by atoms with Crippen LogP contribution in [0.25, 0.3) is 67.3 Å². The molecular weight excluding hydrogens is 679 g/mol. The van der Waals surface area contributed by atoms with Crippen LogP contribution in [0.15, 0.2) is 201 Å². The lowest BCUT2D eigenvalue weighted by molar-refractivity contribution is 1.03. The van der Waals surface area contributed by atoms with Crippen LogP contribution in [-0.4, -0.2) is 15.0 Å². The van der Waals surface area contributed by atoms with E-state index < -0.39 is 0 Å². The van der Waals surface area contributed by atoms with Gasteiger partial charge < -0.3 is 0 Å². The zero-order chi connectivity index (χ0) is 38.7. The zero-order valence-electron chi connectivity index (χ0n) is 32.2. The number of rotatable bonds is 12. The summed E-state index contributed by atoms with van der Waals surface area (Å²) in [5.41, 5.74) is 14.1. The summed E-state index contributed by atoms with van der Waals surface area (Å²) in [4.78, 5) is 15.2. The van der Waals surface area contributed by atoms with E-state index in [0.29, 0.717) is 17.5 Å². The second-order valence-corrected chi connectivity index (χ2v) is 13.6. The summed E-state index contributed by atoms with van der Waals surface area (Å²) in [5, 5.41) is 0. The van der Waals surface area contributed by atoms with Crippen LogP contribution in [0.2, 0.25) is 0 Å². The molecule has 0 spiro atoms. The third-order valence-electron chi connectivity index (χ3n) is 9.75. The fraction of sp³-hybridized carbons (Fsp3) is 0.0755. The van der Waals surface area contributed by atoms with E-state index in [0.717, 1.165) is 62.1 Å². The predicted octanol–water partition coefficient (Wildman–Crippen LogP) is 14.1. The third-order valence-corrected chi connectivity index (χ3v) is 9.75. The summed E-state index contributed by atoms with van der Waals surface area (Å²) in [6, 6.07) is 56.9. The third kappa shape index (κ3) is 8.86. The molecule has 0 aliphatic heterocycles. The van der Waals surface area contributed by atoms with Gasteiger partial charge in [0.25, 0.3) is 0 Å². The molecule has 0 atom stereocenters. The maximum Gasteiger partial charge on any atom is 0.164 e. The second-order valence-electron chi connectivity index (χ2n) is 13.6. The molecule has 0 aliphatic rings. The van der Waals surface area contributed by atoms with Gasteiger partial charge in [-0.25, -0.2) is 15.0 Å². The van der Waals surface area contributed by atoms with Crippen molar-refractivity contribution in [3.63, 3.8) is 0 Å². The first-order valence-corrected chi connectivity index (χ1v) is 19.2. The van der Waals surface area contributed by atoms with Crippen molar-refractivity contribution in [1.82, 2.24) is 15.0 Å². The molecule has 7 rings (SSSR count). The Kier molecular flexibility index (Phi) is 11.9. The summed E-state index contributed by atoms with van der Waals surface area (Å²) >= 11 is 0. The van der Waals surface area contributed by atoms with Crippen molar-refractivity contribution in [3.05, 3.63) is 223 Å². The van der Waals surface area contributed by atoms with E-state index in [-0.39, 0.29) is 0 Å². The Morgan fingerprint density at radius 2 is 0.964 bits per heavy atom. The molecule has 3 nitrogen and oxygen atoms in total. The van der Waals surface area contributed by atoms with Gasteiger partial charge in [-0.2, -0.15) is 0 Å². The van der Waals surface area contributed by atoms with Gasteiger partial charge in [-0.3, -0.25) is 0 Å². The summed E-state index contributed by atoms with van der Waals surface area (Å²) in [5.74, 6) is 1.90. The van der Waals surface area contributed by atoms with Crippen molar-refractivity contribution in [2.75, 3.05) is 0 Å². The average Bonchev–Trinajstić information content (AvgIpc) is 3.27. The molecule has 56 heavy (non-hydrogen) atoms. The molecule has 0 aliphatic carbocycles. The van der Waals surface area contributed by atoms with Crippen LogP contribution in [0.5, 0.6) is 0 Å². The standard InChI is InChI=1S/C53H45N3/c1-5-20-49(33-38(4)41-21-11-8-12-22-41)52-54-51(43-25-15-10-16-26-43)55-53(56-52)50-32-19-28-45(37-50)40(7-3)34-39(6-2)44-27-17-30-47(35-44)48-31-18-29-46(36-48)42-23-13-9-14-24-42/h6-37H,2,5H2,1,3-4H3. The molecule has 272 valence electrons. The van der Waals surface area contributed by atoms with Gasteiger partial charge in [-0.15, -0.1) is 0 Å². The predicted molar refractivity (Wildman–Crippen MR) is 238 cm³/mol. The van der Waals surface area contributed by atoms with Crippen molar-refractivity contribution >= 4 is 22.3 Å². The maximum atomic E-state index is 5.12. The first kappa shape index (κ1) is 37.3. The van der Waals surface area contributed by atoms with E-state index in [2.05, 4.69) is 173 Å². The van der Waals surface area contributed by atoms with Crippen molar-refractivity contribution in [1.29, 1.82) is 0 Å². The van der Waals surface area contributed by atoms with Gasteiger partial charge in [-0.1, -0.05) is 177 Å². The lowest BCUT2D eigenvalue weighted by atomic mass is 9.94. The molecule has 0 N–H and O–H groups in total. The highest BCUT2D eigenvalue weighted by molar-refractivity contribution is 5.89. The average molecular weight is 724 g/mol. The molecule has 3 heteroatoms. The van der Waals surface area contributed by atoms with E-state index in [1.807, 2.05) is 48.5 Å². The highest BCUT2D eigenvalue weighted by Crippen LogP contribution is 2.32. The van der Waals surface area contributed by atoms with Gasteiger partial charge in [0.05, 0.1) is 0 Å². The highest BCUT2D eigenvalue weighted by Gasteiger charge is 2.15. The molecule has 1 heterocycles. The number of nitrogens with zero attached hydrogens (tertiary/aromatic N) is 3. The van der Waals surface area contributed by atoms with E-state index >= 15 is 0 Å². The van der Waals surface area contributed by atoms with Crippen LogP contribution in [0.1, 0.15) is 49.7 Å². The highest BCUT2D eigenvalue weighted by atomic mass is 15.0. The maximum absolute atomic E-state index is 5.12. The molecule has 0 unspecified atom stereocenters. The minimum absolute atomic E-state index is 0.622. The van der Waals surface area contributed by atoms with Crippen molar-refractivity contribution in [2.45, 2.75) is 27.2 Å². The van der Waals surface area contributed by atoms with Crippen LogP contribution < -0.4 is 0 Å². The number of hydrogen-bond donors (Lipinski definition) is 0. The number of aromatic nitrogens is 3. The molecule has 0 saturated heterocycles. The van der Waals surface area contributed by atoms with Crippen LogP contribution in [0, 0.1) is 0 Å². The van der Waals surface area contributed by atoms with Crippen LogP contribution in [0.3, 0.4) is 0 Å². The normalized spacial score (nSPS) is 12.4. The van der Waals surface area contributed by atoms with Gasteiger partial charge in [0.1, 0.15) is 0 Å². The molecule has 0 saturated carbocycles. The van der Waals surface area contributed by atoms with Crippen LogP contribution in [0.4, 0.5) is 0 Å². The smallest absolute Gasteiger partial charge is 0.164 e. The van der Waals surface area contributed by atoms with Crippen molar-refractivity contribution < 1.29 is 0 Å². The fourth-order valence-corrected chi connectivity index (χ4v) is 6.79. The molecule has 0 fully saturated rings. The quantitative estimate of drug-likeness (QED) is 0.118. The van der Waals surface area contributed by atoms with E-state index in [1.54, 1.807) is 0 Å². The van der Waals surface area contributed by atoms with Crippen LogP contribution >= 0.6 is 0 Å². The second kappa shape index (κ2) is 17.9. The summed E-state index contributed by atoms with van der Waals surface area (Å²) in [6.07, 6.45) is 11.5. The molecule has 0 radical (unpaired) electrons. The summed E-state index contributed by atoms with van der Waals surface area (Å²) in [6.45, 7) is 10.6. The van der Waals surface area contributed by atoms with E-state index in [9.17, 15) is 0 Å². The van der Waals surface area contributed by atoms with Gasteiger partial charge in [0, 0.05) is 16.7 Å². The Labute approximate surface area is 331 Å². The first-order valence-electron chi connectivity index (χ1n) is 19.2. The summed E-state index contributed by atoms with van der Waals surface area (Å²) < 4.78 is 0. The Bertz CT molecular complexity index is 2580. The SMILES string of the molecule is C=CC(=CC(=CC)c1cccc(-c2nc(C(C=C(C)c3ccccc3)=CCC)nc(-c3ccccc3)n2)c1)c1cccc(-c2cccc(-c3ccccc3)c2)c1. The molecule has 1 aromatic heterocycles. The monoisotopic (exact) mass is 723 g/mol. The van der Waals surface area contributed by atoms with E-state index in [4.69, 9.17) is 15.0 Å². The van der Waals surface area contributed by atoms with Gasteiger partial charge in [0.15, 0.2) is 17.5 Å². The lowest BCUT2D eigenvalue weighted by Gasteiger charge is -2.12. The Morgan fingerprint density at radius 3 is 1.59 bits per heavy atom. The van der Waals surface area contributed by atoms with Crippen molar-refractivity contribution in [2.24, 2.45) is 0 Å². The molecule has 0 bridgehead atoms. The Hall–Kier alpha value is -6.97. The Morgan fingerprint density at radius 1 is 0.482 bits per heavy atom. The van der Waals surface area contributed by atoms with Crippen molar-refractivity contribution in [3.8, 4) is 45.0 Å². The van der Waals surface area contributed by atoms with Gasteiger partial charge in [-0.05, 0) is 106 Å². The Balaban J connectivity index is 1.25. The van der Waals surface area contributed by atoms with Crippen LogP contribution in [-0.2, 0) is 0 Å². The molecule has 0 amide bonds. The first-order chi connectivity index (χ1) is 27.5. The fourth-order valence-electron chi connectivity index (χ4n) is 6.79. The van der Waals surface area contributed by atoms with Gasteiger partial charge in [0.2, 0.25) is 0 Å². The molecular formula is C53H45N3. The number of hydrogen-bond acceptors (Lipinski definition) is 3. The van der Waals surface area contributed by atoms with Gasteiger partial charge >= 0.3 is 0 Å².